The second-order valence-electron chi connectivity index (χ2n) is 5.31. The molecule has 0 aliphatic rings. The van der Waals surface area contributed by atoms with Crippen LogP contribution in [0, 0.1) is 13.8 Å². The molecular formula is C16H23NO3. The van der Waals surface area contributed by atoms with Crippen LogP contribution in [0.1, 0.15) is 48.2 Å². The lowest BCUT2D eigenvalue weighted by Crippen LogP contribution is -2.43. The number of carbonyl (C=O) groups excluding carboxylic acids is 1. The van der Waals surface area contributed by atoms with Crippen LogP contribution in [0.3, 0.4) is 0 Å². The summed E-state index contributed by atoms with van der Waals surface area (Å²) >= 11 is 0. The maximum Gasteiger partial charge on any atom is 0.305 e. The van der Waals surface area contributed by atoms with Crippen molar-refractivity contribution < 1.29 is 14.7 Å². The molecule has 0 heterocycles. The van der Waals surface area contributed by atoms with Gasteiger partial charge in [-0.1, -0.05) is 30.7 Å². The maximum absolute atomic E-state index is 12.5. The van der Waals surface area contributed by atoms with E-state index in [0.717, 1.165) is 17.5 Å². The maximum atomic E-state index is 12.5. The zero-order valence-electron chi connectivity index (χ0n) is 12.6. The number of aryl methyl sites for hydroxylation is 2. The van der Waals surface area contributed by atoms with E-state index in [9.17, 15) is 9.59 Å². The third kappa shape index (κ3) is 4.46. The number of carboxylic acids is 1. The topological polar surface area (TPSA) is 66.4 Å². The Balaban J connectivity index is 2.99. The molecular weight excluding hydrogens is 254 g/mol. The van der Waals surface area contributed by atoms with Gasteiger partial charge in [0.1, 0.15) is 0 Å². The van der Waals surface area contributed by atoms with Gasteiger partial charge in [-0.3, -0.25) is 9.59 Å². The van der Waals surface area contributed by atoms with Crippen molar-refractivity contribution in [3.63, 3.8) is 0 Å². The van der Waals surface area contributed by atoms with E-state index in [1.807, 2.05) is 39.8 Å². The third-order valence-corrected chi connectivity index (χ3v) is 3.44. The molecule has 110 valence electrons. The molecule has 1 aromatic carbocycles. The largest absolute Gasteiger partial charge is 0.481 e. The van der Waals surface area contributed by atoms with Gasteiger partial charge in [0.05, 0.1) is 12.5 Å². The minimum Gasteiger partial charge on any atom is -0.481 e. The van der Waals surface area contributed by atoms with Crippen molar-refractivity contribution in [3.05, 3.63) is 34.9 Å². The molecule has 2 unspecified atom stereocenters. The Bertz CT molecular complexity index is 496. The van der Waals surface area contributed by atoms with Crippen molar-refractivity contribution in [2.45, 2.75) is 52.6 Å². The molecule has 1 aromatic rings. The minimum atomic E-state index is -0.969. The number of rotatable bonds is 7. The lowest BCUT2D eigenvalue weighted by atomic mass is 9.95. The molecule has 0 fully saturated rings. The van der Waals surface area contributed by atoms with E-state index < -0.39 is 12.0 Å². The summed E-state index contributed by atoms with van der Waals surface area (Å²) in [6.07, 6.45) is 0.646. The SMILES string of the molecule is CCC(C)NC(CC(=O)O)C(=O)c1ccc(C)cc1C. The van der Waals surface area contributed by atoms with Crippen LogP contribution >= 0.6 is 0 Å². The molecule has 0 saturated carbocycles. The molecule has 0 bridgehead atoms. The van der Waals surface area contributed by atoms with Gasteiger partial charge < -0.3 is 10.4 Å². The van der Waals surface area contributed by atoms with Crippen LogP contribution in [0.15, 0.2) is 18.2 Å². The molecule has 4 nitrogen and oxygen atoms in total. The Morgan fingerprint density at radius 2 is 1.95 bits per heavy atom. The molecule has 0 aliphatic heterocycles. The third-order valence-electron chi connectivity index (χ3n) is 3.44. The second-order valence-corrected chi connectivity index (χ2v) is 5.31. The van der Waals surface area contributed by atoms with Gasteiger partial charge in [-0.05, 0) is 32.8 Å². The molecule has 0 aliphatic carbocycles. The predicted molar refractivity (Wildman–Crippen MR) is 79.2 cm³/mol. The summed E-state index contributed by atoms with van der Waals surface area (Å²) < 4.78 is 0. The van der Waals surface area contributed by atoms with Crippen LogP contribution in [0.4, 0.5) is 0 Å². The molecule has 2 atom stereocenters. The highest BCUT2D eigenvalue weighted by Crippen LogP contribution is 2.15. The second kappa shape index (κ2) is 7.20. The van der Waals surface area contributed by atoms with E-state index in [2.05, 4.69) is 5.32 Å². The monoisotopic (exact) mass is 277 g/mol. The van der Waals surface area contributed by atoms with E-state index in [1.54, 1.807) is 6.07 Å². The number of aliphatic carboxylic acids is 1. The van der Waals surface area contributed by atoms with Crippen LogP contribution < -0.4 is 5.32 Å². The van der Waals surface area contributed by atoms with E-state index in [4.69, 9.17) is 5.11 Å². The molecule has 4 heteroatoms. The van der Waals surface area contributed by atoms with Gasteiger partial charge in [-0.2, -0.15) is 0 Å². The van der Waals surface area contributed by atoms with E-state index in [-0.39, 0.29) is 18.2 Å². The first-order valence-corrected chi connectivity index (χ1v) is 6.94. The van der Waals surface area contributed by atoms with Crippen LogP contribution in [0.25, 0.3) is 0 Å². The minimum absolute atomic E-state index is 0.106. The van der Waals surface area contributed by atoms with Gasteiger partial charge in [0.2, 0.25) is 0 Å². The van der Waals surface area contributed by atoms with E-state index >= 15 is 0 Å². The summed E-state index contributed by atoms with van der Waals surface area (Å²) in [7, 11) is 0. The van der Waals surface area contributed by atoms with Crippen molar-refractivity contribution in [1.82, 2.24) is 5.32 Å². The Morgan fingerprint density at radius 3 is 2.45 bits per heavy atom. The quantitative estimate of drug-likeness (QED) is 0.752. The first-order valence-electron chi connectivity index (χ1n) is 6.94. The summed E-state index contributed by atoms with van der Waals surface area (Å²) in [5.74, 6) is -1.12. The number of hydrogen-bond donors (Lipinski definition) is 2. The van der Waals surface area contributed by atoms with Crippen molar-refractivity contribution >= 4 is 11.8 Å². The lowest BCUT2D eigenvalue weighted by Gasteiger charge is -2.21. The summed E-state index contributed by atoms with van der Waals surface area (Å²) in [6.45, 7) is 7.79. The average molecular weight is 277 g/mol. The normalized spacial score (nSPS) is 13.8. The van der Waals surface area contributed by atoms with Gasteiger partial charge in [0, 0.05) is 11.6 Å². The van der Waals surface area contributed by atoms with Gasteiger partial charge in [0.15, 0.2) is 5.78 Å². The highest BCUT2D eigenvalue weighted by molar-refractivity contribution is 6.02. The molecule has 2 N–H and O–H groups in total. The van der Waals surface area contributed by atoms with Crippen molar-refractivity contribution in [1.29, 1.82) is 0 Å². The fourth-order valence-corrected chi connectivity index (χ4v) is 2.14. The number of carboxylic acid groups (broad SMARTS) is 1. The van der Waals surface area contributed by atoms with Crippen LogP contribution in [-0.4, -0.2) is 28.9 Å². The first kappa shape index (κ1) is 16.4. The van der Waals surface area contributed by atoms with Gasteiger partial charge >= 0.3 is 5.97 Å². The summed E-state index contributed by atoms with van der Waals surface area (Å²) in [6, 6.07) is 5.02. The molecule has 0 saturated heterocycles. The molecule has 1 rings (SSSR count). The Hall–Kier alpha value is -1.68. The summed E-state index contributed by atoms with van der Waals surface area (Å²) in [5.41, 5.74) is 2.57. The van der Waals surface area contributed by atoms with Crippen molar-refractivity contribution in [2.24, 2.45) is 0 Å². The number of ketones is 1. The van der Waals surface area contributed by atoms with Crippen molar-refractivity contribution in [2.75, 3.05) is 0 Å². The summed E-state index contributed by atoms with van der Waals surface area (Å²) in [4.78, 5) is 23.5. The molecule has 0 amide bonds. The Kier molecular flexibility index (Phi) is 5.89. The van der Waals surface area contributed by atoms with E-state index in [1.165, 1.54) is 0 Å². The van der Waals surface area contributed by atoms with Crippen LogP contribution in [0.5, 0.6) is 0 Å². The van der Waals surface area contributed by atoms with Crippen LogP contribution in [0.2, 0.25) is 0 Å². The van der Waals surface area contributed by atoms with Gasteiger partial charge in [0.25, 0.3) is 0 Å². The molecule has 20 heavy (non-hydrogen) atoms. The zero-order valence-corrected chi connectivity index (χ0v) is 12.6. The zero-order chi connectivity index (χ0) is 15.3. The fraction of sp³-hybridized carbons (Fsp3) is 0.500. The number of benzene rings is 1. The number of Topliss-reactive ketones (excluding diaryl/α,β-unsaturated/α-hetero) is 1. The molecule has 0 radical (unpaired) electrons. The number of carbonyl (C=O) groups is 2. The highest BCUT2D eigenvalue weighted by atomic mass is 16.4. The van der Waals surface area contributed by atoms with Gasteiger partial charge in [-0.25, -0.2) is 0 Å². The fourth-order valence-electron chi connectivity index (χ4n) is 2.14. The van der Waals surface area contributed by atoms with Gasteiger partial charge in [-0.15, -0.1) is 0 Å². The first-order chi connectivity index (χ1) is 9.35. The number of hydrogen-bond acceptors (Lipinski definition) is 3. The summed E-state index contributed by atoms with van der Waals surface area (Å²) in [5, 5.41) is 12.1. The standard InChI is InChI=1S/C16H23NO3/c1-5-12(4)17-14(9-15(18)19)16(20)13-7-6-10(2)8-11(13)3/h6-8,12,14,17H,5,9H2,1-4H3,(H,18,19). The predicted octanol–water partition coefficient (Wildman–Crippen LogP) is 2.72. The molecule has 0 aromatic heterocycles. The lowest BCUT2D eigenvalue weighted by molar-refractivity contribution is -0.137. The van der Waals surface area contributed by atoms with Crippen LogP contribution in [-0.2, 0) is 4.79 Å². The Morgan fingerprint density at radius 1 is 1.30 bits per heavy atom. The molecule has 0 spiro atoms. The van der Waals surface area contributed by atoms with Crippen molar-refractivity contribution in [3.8, 4) is 0 Å². The highest BCUT2D eigenvalue weighted by Gasteiger charge is 2.25. The van der Waals surface area contributed by atoms with E-state index in [0.29, 0.717) is 5.56 Å². The number of nitrogens with one attached hydrogen (secondary N) is 1. The Labute approximate surface area is 120 Å². The average Bonchev–Trinajstić information content (AvgIpc) is 2.36. The smallest absolute Gasteiger partial charge is 0.305 e.